The van der Waals surface area contributed by atoms with E-state index in [1.165, 1.54) is 25.7 Å². The fraction of sp³-hybridized carbons (Fsp3) is 1.00. The van der Waals surface area contributed by atoms with E-state index in [2.05, 4.69) is 13.8 Å². The smallest absolute Gasteiger partial charge is 0.0576 e. The normalized spacial score (nSPS) is 22.9. The van der Waals surface area contributed by atoms with Gasteiger partial charge in [-0.1, -0.05) is 13.8 Å². The first-order chi connectivity index (χ1) is 6.70. The van der Waals surface area contributed by atoms with Crippen LogP contribution in [0.2, 0.25) is 0 Å². The highest BCUT2D eigenvalue weighted by atomic mass is 16.5. The molecule has 2 heteroatoms. The third-order valence-electron chi connectivity index (χ3n) is 3.63. The van der Waals surface area contributed by atoms with E-state index in [1.54, 1.807) is 0 Å². The summed E-state index contributed by atoms with van der Waals surface area (Å²) in [6.07, 6.45) is 8.81. The number of hydrogen-bond acceptors (Lipinski definition) is 2. The number of rotatable bonds is 6. The Balaban J connectivity index is 2.12. The third-order valence-corrected chi connectivity index (χ3v) is 3.63. The van der Waals surface area contributed by atoms with Crippen molar-refractivity contribution in [2.45, 2.75) is 70.4 Å². The molecule has 0 aromatic carbocycles. The Morgan fingerprint density at radius 1 is 1.36 bits per heavy atom. The fourth-order valence-electron chi connectivity index (χ4n) is 2.16. The van der Waals surface area contributed by atoms with Gasteiger partial charge in [-0.05, 0) is 44.9 Å². The highest BCUT2D eigenvalue weighted by molar-refractivity contribution is 4.81. The molecule has 0 radical (unpaired) electrons. The first-order valence-corrected chi connectivity index (χ1v) is 6.10. The number of hydrogen-bond donors (Lipinski definition) is 1. The molecule has 0 aromatic rings. The van der Waals surface area contributed by atoms with Gasteiger partial charge in [0, 0.05) is 12.1 Å². The highest BCUT2D eigenvalue weighted by Crippen LogP contribution is 2.23. The fourth-order valence-corrected chi connectivity index (χ4v) is 2.16. The van der Waals surface area contributed by atoms with Crippen LogP contribution in [-0.4, -0.2) is 18.2 Å². The van der Waals surface area contributed by atoms with Gasteiger partial charge >= 0.3 is 0 Å². The zero-order chi connectivity index (χ0) is 10.4. The van der Waals surface area contributed by atoms with Crippen molar-refractivity contribution in [2.75, 3.05) is 6.61 Å². The van der Waals surface area contributed by atoms with E-state index < -0.39 is 0 Å². The molecule has 1 saturated heterocycles. The van der Waals surface area contributed by atoms with Crippen molar-refractivity contribution in [3.8, 4) is 0 Å². The molecular formula is C12H25NO. The standard InChI is InChI=1S/C12H25NO/c1-3-12(13,4-2)9-5-7-11-8-6-10-14-11/h11H,3-10,13H2,1-2H3. The largest absolute Gasteiger partial charge is 0.378 e. The second-order valence-electron chi connectivity index (χ2n) is 4.60. The summed E-state index contributed by atoms with van der Waals surface area (Å²) in [6.45, 7) is 5.35. The number of nitrogens with two attached hydrogens (primary N) is 1. The summed E-state index contributed by atoms with van der Waals surface area (Å²) in [4.78, 5) is 0. The molecule has 1 aliphatic heterocycles. The van der Waals surface area contributed by atoms with Gasteiger partial charge in [-0.15, -0.1) is 0 Å². The molecule has 2 N–H and O–H groups in total. The summed E-state index contributed by atoms with van der Waals surface area (Å²) >= 11 is 0. The first kappa shape index (κ1) is 12.0. The van der Waals surface area contributed by atoms with Gasteiger partial charge < -0.3 is 10.5 Å². The van der Waals surface area contributed by atoms with Crippen molar-refractivity contribution >= 4 is 0 Å². The van der Waals surface area contributed by atoms with Crippen LogP contribution in [0, 0.1) is 0 Å². The zero-order valence-corrected chi connectivity index (χ0v) is 9.72. The lowest BCUT2D eigenvalue weighted by atomic mass is 9.88. The molecule has 0 aliphatic carbocycles. The predicted molar refractivity (Wildman–Crippen MR) is 60.3 cm³/mol. The molecule has 0 spiro atoms. The van der Waals surface area contributed by atoms with Crippen LogP contribution in [0.25, 0.3) is 0 Å². The monoisotopic (exact) mass is 199 g/mol. The molecule has 1 atom stereocenters. The Hall–Kier alpha value is -0.0800. The molecule has 2 nitrogen and oxygen atoms in total. The SMILES string of the molecule is CCC(N)(CC)CCCC1CCCO1. The van der Waals surface area contributed by atoms with Gasteiger partial charge in [-0.25, -0.2) is 0 Å². The minimum atomic E-state index is 0.0819. The summed E-state index contributed by atoms with van der Waals surface area (Å²) in [7, 11) is 0. The van der Waals surface area contributed by atoms with Gasteiger partial charge in [-0.2, -0.15) is 0 Å². The van der Waals surface area contributed by atoms with Crippen LogP contribution in [0.5, 0.6) is 0 Å². The van der Waals surface area contributed by atoms with E-state index in [9.17, 15) is 0 Å². The average molecular weight is 199 g/mol. The van der Waals surface area contributed by atoms with Crippen LogP contribution in [0.1, 0.15) is 58.8 Å². The molecular weight excluding hydrogens is 174 g/mol. The lowest BCUT2D eigenvalue weighted by molar-refractivity contribution is 0.0998. The molecule has 1 heterocycles. The summed E-state index contributed by atoms with van der Waals surface area (Å²) < 4.78 is 5.59. The van der Waals surface area contributed by atoms with Crippen LogP contribution >= 0.6 is 0 Å². The maximum absolute atomic E-state index is 6.24. The zero-order valence-electron chi connectivity index (χ0n) is 9.72. The Labute approximate surface area is 88.2 Å². The summed E-state index contributed by atoms with van der Waals surface area (Å²) in [5.74, 6) is 0. The van der Waals surface area contributed by atoms with Crippen LogP contribution in [0.15, 0.2) is 0 Å². The molecule has 0 bridgehead atoms. The van der Waals surface area contributed by atoms with Gasteiger partial charge in [0.05, 0.1) is 6.10 Å². The Bertz CT molecular complexity index is 148. The van der Waals surface area contributed by atoms with Crippen molar-refractivity contribution in [3.05, 3.63) is 0 Å². The second-order valence-corrected chi connectivity index (χ2v) is 4.60. The first-order valence-electron chi connectivity index (χ1n) is 6.10. The lowest BCUT2D eigenvalue weighted by Crippen LogP contribution is -2.38. The molecule has 1 unspecified atom stereocenters. The van der Waals surface area contributed by atoms with Crippen LogP contribution in [0.3, 0.4) is 0 Å². The minimum Gasteiger partial charge on any atom is -0.378 e. The van der Waals surface area contributed by atoms with Crippen LogP contribution < -0.4 is 5.73 Å². The molecule has 0 amide bonds. The highest BCUT2D eigenvalue weighted by Gasteiger charge is 2.21. The van der Waals surface area contributed by atoms with E-state index >= 15 is 0 Å². The van der Waals surface area contributed by atoms with Crippen molar-refractivity contribution in [3.63, 3.8) is 0 Å². The van der Waals surface area contributed by atoms with Crippen molar-refractivity contribution < 1.29 is 4.74 Å². The maximum Gasteiger partial charge on any atom is 0.0576 e. The van der Waals surface area contributed by atoms with Gasteiger partial charge in [0.1, 0.15) is 0 Å². The molecule has 14 heavy (non-hydrogen) atoms. The van der Waals surface area contributed by atoms with Crippen molar-refractivity contribution in [1.29, 1.82) is 0 Å². The molecule has 0 saturated carbocycles. The van der Waals surface area contributed by atoms with Gasteiger partial charge in [0.15, 0.2) is 0 Å². The van der Waals surface area contributed by atoms with Crippen LogP contribution in [0.4, 0.5) is 0 Å². The average Bonchev–Trinajstić information content (AvgIpc) is 2.70. The predicted octanol–water partition coefficient (Wildman–Crippen LogP) is 2.85. The Kier molecular flexibility index (Phi) is 4.90. The molecule has 1 rings (SSSR count). The Morgan fingerprint density at radius 2 is 2.07 bits per heavy atom. The van der Waals surface area contributed by atoms with Gasteiger partial charge in [-0.3, -0.25) is 0 Å². The van der Waals surface area contributed by atoms with E-state index in [-0.39, 0.29) is 5.54 Å². The maximum atomic E-state index is 6.24. The summed E-state index contributed by atoms with van der Waals surface area (Å²) in [5, 5.41) is 0. The molecule has 0 aromatic heterocycles. The minimum absolute atomic E-state index is 0.0819. The third kappa shape index (κ3) is 3.58. The van der Waals surface area contributed by atoms with E-state index in [4.69, 9.17) is 10.5 Å². The summed E-state index contributed by atoms with van der Waals surface area (Å²) in [6, 6.07) is 0. The second kappa shape index (κ2) is 5.72. The molecule has 84 valence electrons. The topological polar surface area (TPSA) is 35.2 Å². The van der Waals surface area contributed by atoms with E-state index in [0.717, 1.165) is 25.9 Å². The molecule has 1 aliphatic rings. The van der Waals surface area contributed by atoms with Gasteiger partial charge in [0.25, 0.3) is 0 Å². The van der Waals surface area contributed by atoms with Crippen molar-refractivity contribution in [2.24, 2.45) is 5.73 Å². The van der Waals surface area contributed by atoms with Gasteiger partial charge in [0.2, 0.25) is 0 Å². The molecule has 1 fully saturated rings. The van der Waals surface area contributed by atoms with E-state index in [1.807, 2.05) is 0 Å². The van der Waals surface area contributed by atoms with Crippen molar-refractivity contribution in [1.82, 2.24) is 0 Å². The quantitative estimate of drug-likeness (QED) is 0.714. The summed E-state index contributed by atoms with van der Waals surface area (Å²) in [5.41, 5.74) is 6.32. The van der Waals surface area contributed by atoms with E-state index in [0.29, 0.717) is 6.10 Å². The number of ether oxygens (including phenoxy) is 1. The van der Waals surface area contributed by atoms with Crippen LogP contribution in [-0.2, 0) is 4.74 Å². The lowest BCUT2D eigenvalue weighted by Gasteiger charge is -2.27. The Morgan fingerprint density at radius 3 is 2.57 bits per heavy atom.